The molecule has 5 rings (SSSR count). The molecule has 4 heterocycles. The third-order valence-electron chi connectivity index (χ3n) is 8.50. The van der Waals surface area contributed by atoms with Gasteiger partial charge in [-0.05, 0) is 38.5 Å². The SMILES string of the molecule is CC[C@]1(C(=O)N2C[C@H]3C[C@H]2CN3c2cncc(C(F)(F)F)n2)CC[C@@H](N[C@H]2CCOC[C@H]2OC)C1. The van der Waals surface area contributed by atoms with Gasteiger partial charge in [-0.25, -0.2) is 4.98 Å². The second kappa shape index (κ2) is 9.48. The Morgan fingerprint density at radius 2 is 2.11 bits per heavy atom. The van der Waals surface area contributed by atoms with E-state index >= 15 is 0 Å². The molecule has 0 aromatic carbocycles. The quantitative estimate of drug-likeness (QED) is 0.647. The molecule has 1 aliphatic carbocycles. The van der Waals surface area contributed by atoms with E-state index in [9.17, 15) is 18.0 Å². The van der Waals surface area contributed by atoms with Gasteiger partial charge in [0.05, 0.1) is 42.6 Å². The predicted molar refractivity (Wildman–Crippen MR) is 122 cm³/mol. The highest BCUT2D eigenvalue weighted by atomic mass is 19.4. The van der Waals surface area contributed by atoms with Gasteiger partial charge in [0, 0.05) is 38.9 Å². The Morgan fingerprint density at radius 3 is 2.80 bits per heavy atom. The lowest BCUT2D eigenvalue weighted by Gasteiger charge is -2.40. The van der Waals surface area contributed by atoms with Crippen molar-refractivity contribution in [2.24, 2.45) is 5.41 Å². The van der Waals surface area contributed by atoms with Gasteiger partial charge < -0.3 is 24.6 Å². The number of piperazine rings is 1. The molecule has 4 aliphatic rings. The maximum atomic E-state index is 13.8. The first kappa shape index (κ1) is 24.7. The summed E-state index contributed by atoms with van der Waals surface area (Å²) in [5, 5.41) is 3.74. The van der Waals surface area contributed by atoms with Crippen LogP contribution in [-0.4, -0.2) is 84.5 Å². The van der Waals surface area contributed by atoms with Crippen molar-refractivity contribution in [3.63, 3.8) is 0 Å². The summed E-state index contributed by atoms with van der Waals surface area (Å²) in [7, 11) is 1.71. The second-order valence-corrected chi connectivity index (χ2v) is 10.4. The molecule has 35 heavy (non-hydrogen) atoms. The molecule has 0 spiro atoms. The molecule has 194 valence electrons. The van der Waals surface area contributed by atoms with Crippen LogP contribution >= 0.6 is 0 Å². The topological polar surface area (TPSA) is 79.8 Å². The number of methoxy groups -OCH3 is 1. The van der Waals surface area contributed by atoms with Crippen LogP contribution in [0.2, 0.25) is 0 Å². The molecule has 1 N–H and O–H groups in total. The number of fused-ring (bicyclic) bond motifs is 2. The van der Waals surface area contributed by atoms with Crippen LogP contribution in [0.15, 0.2) is 12.4 Å². The van der Waals surface area contributed by atoms with Crippen LogP contribution in [0.5, 0.6) is 0 Å². The minimum absolute atomic E-state index is 0.00681. The fourth-order valence-corrected chi connectivity index (χ4v) is 6.50. The normalized spacial score (nSPS) is 35.2. The van der Waals surface area contributed by atoms with E-state index in [-0.39, 0.29) is 42.0 Å². The molecule has 3 saturated heterocycles. The van der Waals surface area contributed by atoms with Crippen LogP contribution in [0.1, 0.15) is 51.1 Å². The molecule has 11 heteroatoms. The average Bonchev–Trinajstić information content (AvgIpc) is 3.58. The molecule has 3 aliphatic heterocycles. The molecular weight excluding hydrogens is 463 g/mol. The Morgan fingerprint density at radius 1 is 1.29 bits per heavy atom. The van der Waals surface area contributed by atoms with Crippen molar-refractivity contribution < 1.29 is 27.4 Å². The lowest BCUT2D eigenvalue weighted by Crippen LogP contribution is -2.54. The average molecular weight is 498 g/mol. The number of nitrogens with zero attached hydrogens (tertiary/aromatic N) is 4. The zero-order chi connectivity index (χ0) is 24.8. The number of hydrogen-bond donors (Lipinski definition) is 1. The maximum absolute atomic E-state index is 13.8. The van der Waals surface area contributed by atoms with Gasteiger partial charge >= 0.3 is 6.18 Å². The van der Waals surface area contributed by atoms with Crippen molar-refractivity contribution in [3.8, 4) is 0 Å². The number of anilines is 1. The third kappa shape index (κ3) is 4.62. The number of amides is 1. The maximum Gasteiger partial charge on any atom is 0.434 e. The number of aromatic nitrogens is 2. The van der Waals surface area contributed by atoms with Crippen molar-refractivity contribution in [2.45, 2.75) is 81.9 Å². The van der Waals surface area contributed by atoms with Gasteiger partial charge in [-0.15, -0.1) is 0 Å². The first-order valence-electron chi connectivity index (χ1n) is 12.6. The molecular formula is C24H34F3N5O3. The van der Waals surface area contributed by atoms with E-state index in [4.69, 9.17) is 9.47 Å². The van der Waals surface area contributed by atoms with E-state index in [0.717, 1.165) is 44.7 Å². The monoisotopic (exact) mass is 497 g/mol. The summed E-state index contributed by atoms with van der Waals surface area (Å²) in [4.78, 5) is 25.3. The largest absolute Gasteiger partial charge is 0.434 e. The minimum atomic E-state index is -4.53. The molecule has 1 aromatic heterocycles. The molecule has 6 atom stereocenters. The number of nitrogens with one attached hydrogen (secondary N) is 1. The molecule has 2 bridgehead atoms. The van der Waals surface area contributed by atoms with Crippen LogP contribution in [-0.2, 0) is 20.4 Å². The summed E-state index contributed by atoms with van der Waals surface area (Å²) in [5.74, 6) is 0.431. The lowest BCUT2D eigenvalue weighted by molar-refractivity contribution is -0.143. The fraction of sp³-hybridized carbons (Fsp3) is 0.792. The molecule has 1 amide bonds. The Labute approximate surface area is 203 Å². The summed E-state index contributed by atoms with van der Waals surface area (Å²) < 4.78 is 50.4. The van der Waals surface area contributed by atoms with E-state index in [2.05, 4.69) is 22.2 Å². The van der Waals surface area contributed by atoms with Crippen molar-refractivity contribution >= 4 is 11.7 Å². The Balaban J connectivity index is 1.23. The van der Waals surface area contributed by atoms with E-state index in [0.29, 0.717) is 26.3 Å². The second-order valence-electron chi connectivity index (χ2n) is 10.4. The highest BCUT2D eigenvalue weighted by Gasteiger charge is 2.53. The zero-order valence-electron chi connectivity index (χ0n) is 20.3. The third-order valence-corrected chi connectivity index (χ3v) is 8.50. The van der Waals surface area contributed by atoms with Gasteiger partial charge in [0.2, 0.25) is 5.91 Å². The number of ether oxygens (including phenoxy) is 2. The molecule has 1 aromatic rings. The van der Waals surface area contributed by atoms with Crippen LogP contribution in [0.3, 0.4) is 0 Å². The summed E-state index contributed by atoms with van der Waals surface area (Å²) in [5.41, 5.74) is -1.38. The highest BCUT2D eigenvalue weighted by Crippen LogP contribution is 2.46. The standard InChI is InChI=1S/C24H34F3N5O3/c1-3-23(6-4-15(9-23)29-18-5-7-35-14-19(18)34-2)22(33)32-13-16-8-17(32)12-31(16)21-11-28-10-20(30-21)24(25,26)27/h10-11,15-19,29H,3-9,12-14H2,1-2H3/t15-,16-,17+,18+,19-,23+/m1/s1. The van der Waals surface area contributed by atoms with Crippen molar-refractivity contribution in [3.05, 3.63) is 18.1 Å². The number of carbonyl (C=O) groups is 1. The first-order valence-corrected chi connectivity index (χ1v) is 12.6. The van der Waals surface area contributed by atoms with E-state index in [1.54, 1.807) is 7.11 Å². The van der Waals surface area contributed by atoms with Gasteiger partial charge in [-0.3, -0.25) is 9.78 Å². The van der Waals surface area contributed by atoms with Gasteiger partial charge in [0.25, 0.3) is 0 Å². The summed E-state index contributed by atoms with van der Waals surface area (Å²) >= 11 is 0. The molecule has 1 saturated carbocycles. The van der Waals surface area contributed by atoms with Crippen LogP contribution in [0.4, 0.5) is 19.0 Å². The molecule has 0 unspecified atom stereocenters. The van der Waals surface area contributed by atoms with E-state index < -0.39 is 17.3 Å². The van der Waals surface area contributed by atoms with Crippen molar-refractivity contribution in [1.29, 1.82) is 0 Å². The number of halogens is 3. The zero-order valence-corrected chi connectivity index (χ0v) is 20.3. The number of alkyl halides is 3. The number of hydrogen-bond acceptors (Lipinski definition) is 7. The summed E-state index contributed by atoms with van der Waals surface area (Å²) in [6.45, 7) is 4.40. The Bertz CT molecular complexity index is 934. The van der Waals surface area contributed by atoms with Gasteiger partial charge in [-0.1, -0.05) is 6.92 Å². The number of likely N-dealkylation sites (tertiary alicyclic amines) is 1. The molecule has 0 radical (unpaired) electrons. The lowest BCUT2D eigenvalue weighted by atomic mass is 9.81. The van der Waals surface area contributed by atoms with Crippen molar-refractivity contribution in [1.82, 2.24) is 20.2 Å². The van der Waals surface area contributed by atoms with Gasteiger partial charge in [0.15, 0.2) is 5.69 Å². The minimum Gasteiger partial charge on any atom is -0.379 e. The van der Waals surface area contributed by atoms with Crippen LogP contribution in [0, 0.1) is 5.41 Å². The van der Waals surface area contributed by atoms with E-state index in [1.165, 1.54) is 6.20 Å². The van der Waals surface area contributed by atoms with Gasteiger partial charge in [0.1, 0.15) is 5.82 Å². The number of rotatable bonds is 6. The van der Waals surface area contributed by atoms with Crippen LogP contribution in [0.25, 0.3) is 0 Å². The van der Waals surface area contributed by atoms with Crippen LogP contribution < -0.4 is 10.2 Å². The fourth-order valence-electron chi connectivity index (χ4n) is 6.50. The smallest absolute Gasteiger partial charge is 0.379 e. The first-order chi connectivity index (χ1) is 16.7. The molecule has 4 fully saturated rings. The van der Waals surface area contributed by atoms with Gasteiger partial charge in [-0.2, -0.15) is 13.2 Å². The van der Waals surface area contributed by atoms with E-state index in [1.807, 2.05) is 9.80 Å². The summed E-state index contributed by atoms with van der Waals surface area (Å²) in [6.07, 6.45) is 2.64. The Kier molecular flexibility index (Phi) is 6.69. The molecule has 8 nitrogen and oxygen atoms in total. The summed E-state index contributed by atoms with van der Waals surface area (Å²) in [6, 6.07) is 0.450. The number of carbonyl (C=O) groups excluding carboxylic acids is 1. The highest BCUT2D eigenvalue weighted by molar-refractivity contribution is 5.84. The predicted octanol–water partition coefficient (Wildman–Crippen LogP) is 2.63. The van der Waals surface area contributed by atoms with Crippen molar-refractivity contribution in [2.75, 3.05) is 38.3 Å². The Hall–Kier alpha value is -1.98.